The highest BCUT2D eigenvalue weighted by molar-refractivity contribution is 14.0. The highest BCUT2D eigenvalue weighted by Crippen LogP contribution is 2.17. The molecule has 0 spiro atoms. The molecule has 0 aliphatic rings. The van der Waals surface area contributed by atoms with Crippen LogP contribution in [-0.4, -0.2) is 32.7 Å². The lowest BCUT2D eigenvalue weighted by atomic mass is 10.1. The van der Waals surface area contributed by atoms with Gasteiger partial charge in [-0.1, -0.05) is 6.92 Å². The average molecular weight is 481 g/mol. The molecule has 4 nitrogen and oxygen atoms in total. The lowest BCUT2D eigenvalue weighted by Crippen LogP contribution is -2.40. The SMILES string of the molecule is CN=C(NCCOc1ccc(F)cc1F)NCC(C)c1ccsc1.I. The molecule has 8 heteroatoms. The lowest BCUT2D eigenvalue weighted by Gasteiger charge is -2.15. The number of hydrogen-bond donors (Lipinski definition) is 2. The Kier molecular flexibility index (Phi) is 9.73. The van der Waals surface area contributed by atoms with Crippen molar-refractivity contribution in [2.75, 3.05) is 26.7 Å². The first-order chi connectivity index (χ1) is 11.6. The number of rotatable bonds is 7. The summed E-state index contributed by atoms with van der Waals surface area (Å²) in [6, 6.07) is 5.35. The maximum Gasteiger partial charge on any atom is 0.191 e. The van der Waals surface area contributed by atoms with E-state index in [-0.39, 0.29) is 36.3 Å². The summed E-state index contributed by atoms with van der Waals surface area (Å²) in [5, 5.41) is 10.5. The molecule has 0 saturated heterocycles. The van der Waals surface area contributed by atoms with Gasteiger partial charge in [-0.2, -0.15) is 11.3 Å². The average Bonchev–Trinajstić information content (AvgIpc) is 3.10. The van der Waals surface area contributed by atoms with E-state index in [1.807, 2.05) is 0 Å². The summed E-state index contributed by atoms with van der Waals surface area (Å²) in [5.41, 5.74) is 1.29. The Morgan fingerprint density at radius 2 is 2.08 bits per heavy atom. The van der Waals surface area contributed by atoms with Gasteiger partial charge in [0.2, 0.25) is 0 Å². The van der Waals surface area contributed by atoms with Crippen LogP contribution in [0.15, 0.2) is 40.0 Å². The maximum atomic E-state index is 13.4. The molecular formula is C17H22F2IN3OS. The number of guanidine groups is 1. The van der Waals surface area contributed by atoms with Crippen molar-refractivity contribution in [3.05, 3.63) is 52.2 Å². The quantitative estimate of drug-likeness (QED) is 0.272. The van der Waals surface area contributed by atoms with Gasteiger partial charge < -0.3 is 15.4 Å². The van der Waals surface area contributed by atoms with Crippen LogP contribution in [0.3, 0.4) is 0 Å². The molecule has 1 aromatic heterocycles. The van der Waals surface area contributed by atoms with Gasteiger partial charge in [-0.3, -0.25) is 4.99 Å². The van der Waals surface area contributed by atoms with Gasteiger partial charge in [-0.25, -0.2) is 8.78 Å². The van der Waals surface area contributed by atoms with E-state index in [9.17, 15) is 8.78 Å². The summed E-state index contributed by atoms with van der Waals surface area (Å²) in [5.74, 6) is -0.267. The molecule has 138 valence electrons. The summed E-state index contributed by atoms with van der Waals surface area (Å²) in [4.78, 5) is 4.13. The third-order valence-electron chi connectivity index (χ3n) is 3.46. The fourth-order valence-corrected chi connectivity index (χ4v) is 2.85. The molecule has 1 heterocycles. The van der Waals surface area contributed by atoms with Crippen molar-refractivity contribution in [1.82, 2.24) is 10.6 Å². The number of nitrogens with one attached hydrogen (secondary N) is 2. The second-order valence-corrected chi connectivity index (χ2v) is 6.04. The van der Waals surface area contributed by atoms with Crippen LogP contribution in [-0.2, 0) is 0 Å². The van der Waals surface area contributed by atoms with Crippen LogP contribution in [0.4, 0.5) is 8.78 Å². The molecule has 0 fully saturated rings. The Labute approximate surface area is 167 Å². The molecule has 0 bridgehead atoms. The first-order valence-corrected chi connectivity index (χ1v) is 8.59. The van der Waals surface area contributed by atoms with Crippen molar-refractivity contribution in [3.8, 4) is 5.75 Å². The van der Waals surface area contributed by atoms with E-state index in [2.05, 4.69) is 39.4 Å². The van der Waals surface area contributed by atoms with Crippen molar-refractivity contribution in [3.63, 3.8) is 0 Å². The highest BCUT2D eigenvalue weighted by atomic mass is 127. The molecule has 25 heavy (non-hydrogen) atoms. The predicted octanol–water partition coefficient (Wildman–Crippen LogP) is 3.99. The minimum absolute atomic E-state index is 0. The van der Waals surface area contributed by atoms with E-state index in [1.165, 1.54) is 11.6 Å². The van der Waals surface area contributed by atoms with Gasteiger partial charge >= 0.3 is 0 Å². The van der Waals surface area contributed by atoms with Crippen LogP contribution in [0.25, 0.3) is 0 Å². The molecule has 0 aliphatic heterocycles. The van der Waals surface area contributed by atoms with Gasteiger partial charge in [0, 0.05) is 19.7 Å². The second-order valence-electron chi connectivity index (χ2n) is 5.26. The molecule has 2 rings (SSSR count). The van der Waals surface area contributed by atoms with E-state index < -0.39 is 11.6 Å². The molecule has 0 aliphatic carbocycles. The van der Waals surface area contributed by atoms with Crippen LogP contribution in [0.2, 0.25) is 0 Å². The third-order valence-corrected chi connectivity index (χ3v) is 4.16. The Bertz CT molecular complexity index is 668. The van der Waals surface area contributed by atoms with Crippen molar-refractivity contribution >= 4 is 41.3 Å². The Morgan fingerprint density at radius 1 is 1.28 bits per heavy atom. The summed E-state index contributed by atoms with van der Waals surface area (Å²) >= 11 is 1.68. The summed E-state index contributed by atoms with van der Waals surface area (Å²) < 4.78 is 31.5. The van der Waals surface area contributed by atoms with Crippen molar-refractivity contribution in [2.45, 2.75) is 12.8 Å². The molecular weight excluding hydrogens is 459 g/mol. The first-order valence-electron chi connectivity index (χ1n) is 7.64. The summed E-state index contributed by atoms with van der Waals surface area (Å²) in [6.45, 7) is 3.58. The van der Waals surface area contributed by atoms with E-state index in [0.29, 0.717) is 18.4 Å². The van der Waals surface area contributed by atoms with Crippen LogP contribution in [0.5, 0.6) is 5.75 Å². The molecule has 0 saturated carbocycles. The standard InChI is InChI=1S/C17H21F2N3OS.HI/c1-12(13-5-8-24-11-13)10-22-17(20-2)21-6-7-23-16-4-3-14(18)9-15(16)19;/h3-5,8-9,11-12H,6-7,10H2,1-2H3,(H2,20,21,22);1H. The van der Waals surface area contributed by atoms with Gasteiger partial charge in [0.1, 0.15) is 12.4 Å². The molecule has 2 aromatic rings. The smallest absolute Gasteiger partial charge is 0.191 e. The van der Waals surface area contributed by atoms with Crippen LogP contribution in [0.1, 0.15) is 18.4 Å². The minimum Gasteiger partial charge on any atom is -0.489 e. The van der Waals surface area contributed by atoms with Crippen molar-refractivity contribution in [1.29, 1.82) is 0 Å². The number of hydrogen-bond acceptors (Lipinski definition) is 3. The number of halogens is 3. The van der Waals surface area contributed by atoms with Gasteiger partial charge in [-0.05, 0) is 40.4 Å². The van der Waals surface area contributed by atoms with Crippen molar-refractivity contribution < 1.29 is 13.5 Å². The molecule has 1 aromatic carbocycles. The van der Waals surface area contributed by atoms with Crippen molar-refractivity contribution in [2.24, 2.45) is 4.99 Å². The first kappa shape index (κ1) is 21.6. The number of benzene rings is 1. The van der Waals surface area contributed by atoms with Gasteiger partial charge in [-0.15, -0.1) is 24.0 Å². The van der Waals surface area contributed by atoms with E-state index >= 15 is 0 Å². The van der Waals surface area contributed by atoms with E-state index in [0.717, 1.165) is 18.7 Å². The van der Waals surface area contributed by atoms with Crippen LogP contribution >= 0.6 is 35.3 Å². The zero-order valence-electron chi connectivity index (χ0n) is 14.1. The lowest BCUT2D eigenvalue weighted by molar-refractivity contribution is 0.304. The normalized spacial score (nSPS) is 12.2. The summed E-state index contributed by atoms with van der Waals surface area (Å²) in [6.07, 6.45) is 0. The zero-order chi connectivity index (χ0) is 17.4. The molecule has 1 atom stereocenters. The van der Waals surface area contributed by atoms with Crippen LogP contribution in [0, 0.1) is 11.6 Å². The minimum atomic E-state index is -0.706. The maximum absolute atomic E-state index is 13.4. The zero-order valence-corrected chi connectivity index (χ0v) is 17.2. The molecule has 0 radical (unpaired) electrons. The number of ether oxygens (including phenoxy) is 1. The fraction of sp³-hybridized carbons (Fsp3) is 0.353. The molecule has 2 N–H and O–H groups in total. The van der Waals surface area contributed by atoms with E-state index in [1.54, 1.807) is 18.4 Å². The van der Waals surface area contributed by atoms with Gasteiger partial charge in [0.15, 0.2) is 17.5 Å². The largest absolute Gasteiger partial charge is 0.489 e. The van der Waals surface area contributed by atoms with Gasteiger partial charge in [0.25, 0.3) is 0 Å². The van der Waals surface area contributed by atoms with Gasteiger partial charge in [0.05, 0.1) is 6.54 Å². The monoisotopic (exact) mass is 481 g/mol. The third kappa shape index (κ3) is 7.15. The number of nitrogens with zero attached hydrogens (tertiary/aromatic N) is 1. The number of thiophene rings is 1. The molecule has 1 unspecified atom stereocenters. The Hall–Kier alpha value is -1.42. The second kappa shape index (κ2) is 11.2. The Morgan fingerprint density at radius 3 is 2.72 bits per heavy atom. The highest BCUT2D eigenvalue weighted by Gasteiger charge is 2.07. The fourth-order valence-electron chi connectivity index (χ4n) is 2.07. The summed E-state index contributed by atoms with van der Waals surface area (Å²) in [7, 11) is 1.69. The molecule has 0 amide bonds. The predicted molar refractivity (Wildman–Crippen MR) is 109 cm³/mol. The topological polar surface area (TPSA) is 45.7 Å². The number of aliphatic imine (C=N–C) groups is 1. The van der Waals surface area contributed by atoms with Crippen LogP contribution < -0.4 is 15.4 Å². The Balaban J connectivity index is 0.00000312. The van der Waals surface area contributed by atoms with E-state index in [4.69, 9.17) is 4.74 Å².